The summed E-state index contributed by atoms with van der Waals surface area (Å²) in [6, 6.07) is 4.41. The van der Waals surface area contributed by atoms with Crippen LogP contribution >= 0.6 is 11.3 Å². The van der Waals surface area contributed by atoms with Crippen molar-refractivity contribution in [3.63, 3.8) is 0 Å². The van der Waals surface area contributed by atoms with Crippen LogP contribution in [0.3, 0.4) is 0 Å². The monoisotopic (exact) mass is 269 g/mol. The number of rotatable bonds is 5. The molecule has 1 aliphatic rings. The topological polar surface area (TPSA) is 50.5 Å². The zero-order valence-electron chi connectivity index (χ0n) is 11.2. The Balaban J connectivity index is 2.23. The van der Waals surface area contributed by atoms with Gasteiger partial charge in [-0.25, -0.2) is 0 Å². The number of nitrogens with one attached hydrogen (secondary N) is 1. The molecule has 0 bridgehead atoms. The van der Waals surface area contributed by atoms with E-state index in [0.29, 0.717) is 0 Å². The van der Waals surface area contributed by atoms with Gasteiger partial charge in [0, 0.05) is 23.5 Å². The van der Waals surface area contributed by atoms with E-state index < -0.39 is 0 Å². The average molecular weight is 269 g/mol. The standard InChI is InChI=1S/C13H23N3OS/c1-3-13(2,16-6-8-17-9-7-16)12(15-14)11-5-4-10-18-11/h4-5,10,12,15H,3,6-9,14H2,1-2H3. The molecular formula is C13H23N3OS. The molecule has 3 N–H and O–H groups in total. The van der Waals surface area contributed by atoms with Gasteiger partial charge in [0.15, 0.2) is 0 Å². The number of hydrazine groups is 1. The van der Waals surface area contributed by atoms with Crippen LogP contribution < -0.4 is 11.3 Å². The van der Waals surface area contributed by atoms with Gasteiger partial charge < -0.3 is 4.74 Å². The summed E-state index contributed by atoms with van der Waals surface area (Å²) in [7, 11) is 0. The van der Waals surface area contributed by atoms with E-state index in [9.17, 15) is 0 Å². The first-order chi connectivity index (χ1) is 8.72. The summed E-state index contributed by atoms with van der Waals surface area (Å²) in [5.41, 5.74) is 3.05. The van der Waals surface area contributed by atoms with Crippen LogP contribution in [0.15, 0.2) is 17.5 Å². The Bertz CT molecular complexity index is 351. The second kappa shape index (κ2) is 6.12. The highest BCUT2D eigenvalue weighted by molar-refractivity contribution is 7.10. The summed E-state index contributed by atoms with van der Waals surface area (Å²) in [4.78, 5) is 3.80. The molecule has 0 aliphatic carbocycles. The van der Waals surface area contributed by atoms with Crippen LogP contribution in [-0.4, -0.2) is 36.7 Å². The average Bonchev–Trinajstić information content (AvgIpc) is 2.94. The molecule has 0 spiro atoms. The van der Waals surface area contributed by atoms with Crippen LogP contribution in [0, 0.1) is 0 Å². The molecule has 5 heteroatoms. The smallest absolute Gasteiger partial charge is 0.0734 e. The minimum absolute atomic E-state index is 0.0311. The van der Waals surface area contributed by atoms with Crippen LogP contribution in [0.2, 0.25) is 0 Å². The van der Waals surface area contributed by atoms with Crippen molar-refractivity contribution in [2.75, 3.05) is 26.3 Å². The van der Waals surface area contributed by atoms with Crippen molar-refractivity contribution in [3.8, 4) is 0 Å². The van der Waals surface area contributed by atoms with Crippen LogP contribution in [0.25, 0.3) is 0 Å². The fourth-order valence-corrected chi connectivity index (χ4v) is 3.64. The predicted molar refractivity (Wildman–Crippen MR) is 75.5 cm³/mol. The zero-order valence-corrected chi connectivity index (χ0v) is 12.0. The van der Waals surface area contributed by atoms with E-state index in [1.165, 1.54) is 4.88 Å². The third-order valence-electron chi connectivity index (χ3n) is 4.07. The quantitative estimate of drug-likeness (QED) is 0.632. The lowest BCUT2D eigenvalue weighted by molar-refractivity contribution is -0.0324. The first-order valence-electron chi connectivity index (χ1n) is 6.54. The van der Waals surface area contributed by atoms with Gasteiger partial charge in [-0.3, -0.25) is 16.2 Å². The van der Waals surface area contributed by atoms with Crippen molar-refractivity contribution in [2.45, 2.75) is 31.8 Å². The molecule has 2 atom stereocenters. The van der Waals surface area contributed by atoms with Gasteiger partial charge in [0.1, 0.15) is 0 Å². The van der Waals surface area contributed by atoms with Gasteiger partial charge in [-0.1, -0.05) is 13.0 Å². The maximum atomic E-state index is 5.83. The summed E-state index contributed by atoms with van der Waals surface area (Å²) >= 11 is 1.76. The molecule has 1 fully saturated rings. The molecule has 1 saturated heterocycles. The molecule has 0 radical (unpaired) electrons. The highest BCUT2D eigenvalue weighted by Crippen LogP contribution is 2.36. The first-order valence-corrected chi connectivity index (χ1v) is 7.42. The number of ether oxygens (including phenoxy) is 1. The summed E-state index contributed by atoms with van der Waals surface area (Å²) in [5.74, 6) is 5.83. The third kappa shape index (κ3) is 2.60. The highest BCUT2D eigenvalue weighted by Gasteiger charge is 2.39. The van der Waals surface area contributed by atoms with Crippen LogP contribution in [-0.2, 0) is 4.74 Å². The molecule has 2 rings (SSSR count). The number of nitrogens with two attached hydrogens (primary N) is 1. The fraction of sp³-hybridized carbons (Fsp3) is 0.692. The van der Waals surface area contributed by atoms with Gasteiger partial charge in [-0.05, 0) is 24.8 Å². The molecule has 0 amide bonds. The molecule has 1 aromatic heterocycles. The molecule has 0 saturated carbocycles. The van der Waals surface area contributed by atoms with Gasteiger partial charge in [0.05, 0.1) is 19.3 Å². The van der Waals surface area contributed by atoms with Crippen molar-refractivity contribution >= 4 is 11.3 Å². The minimum Gasteiger partial charge on any atom is -0.379 e. The van der Waals surface area contributed by atoms with E-state index in [4.69, 9.17) is 10.6 Å². The van der Waals surface area contributed by atoms with Crippen molar-refractivity contribution in [2.24, 2.45) is 5.84 Å². The second-order valence-electron chi connectivity index (χ2n) is 4.93. The number of hydrogen-bond donors (Lipinski definition) is 2. The molecule has 4 nitrogen and oxygen atoms in total. The SMILES string of the molecule is CCC(C)(C(NN)c1cccs1)N1CCOCC1. The van der Waals surface area contributed by atoms with Crippen molar-refractivity contribution in [3.05, 3.63) is 22.4 Å². The first kappa shape index (κ1) is 14.0. The molecule has 102 valence electrons. The summed E-state index contributed by atoms with van der Waals surface area (Å²) in [5, 5.41) is 2.11. The Morgan fingerprint density at radius 1 is 1.56 bits per heavy atom. The fourth-order valence-electron chi connectivity index (χ4n) is 2.71. The summed E-state index contributed by atoms with van der Waals surface area (Å²) < 4.78 is 5.45. The summed E-state index contributed by atoms with van der Waals surface area (Å²) in [6.45, 7) is 8.12. The molecule has 2 unspecified atom stereocenters. The third-order valence-corrected chi connectivity index (χ3v) is 5.00. The number of morpholine rings is 1. The number of hydrogen-bond acceptors (Lipinski definition) is 5. The Kier molecular flexibility index (Phi) is 4.75. The molecule has 2 heterocycles. The maximum Gasteiger partial charge on any atom is 0.0734 e. The second-order valence-corrected chi connectivity index (χ2v) is 5.90. The Hall–Kier alpha value is -0.460. The molecule has 18 heavy (non-hydrogen) atoms. The number of thiophene rings is 1. The highest BCUT2D eigenvalue weighted by atomic mass is 32.1. The van der Waals surface area contributed by atoms with Gasteiger partial charge in [-0.2, -0.15) is 0 Å². The van der Waals surface area contributed by atoms with E-state index in [-0.39, 0.29) is 11.6 Å². The van der Waals surface area contributed by atoms with E-state index in [2.05, 4.69) is 41.7 Å². The lowest BCUT2D eigenvalue weighted by Gasteiger charge is -2.47. The molecule has 1 aromatic rings. The van der Waals surface area contributed by atoms with E-state index in [1.807, 2.05) is 0 Å². The molecule has 0 aromatic carbocycles. The van der Waals surface area contributed by atoms with Gasteiger partial charge >= 0.3 is 0 Å². The van der Waals surface area contributed by atoms with Crippen molar-refractivity contribution < 1.29 is 4.74 Å². The van der Waals surface area contributed by atoms with Crippen molar-refractivity contribution in [1.82, 2.24) is 10.3 Å². The van der Waals surface area contributed by atoms with Gasteiger partial charge in [-0.15, -0.1) is 11.3 Å². The van der Waals surface area contributed by atoms with Crippen molar-refractivity contribution in [1.29, 1.82) is 0 Å². The summed E-state index contributed by atoms with van der Waals surface area (Å²) in [6.07, 6.45) is 1.06. The Labute approximate surface area is 113 Å². The lowest BCUT2D eigenvalue weighted by Crippen LogP contribution is -2.58. The zero-order chi connectivity index (χ0) is 13.0. The molecular weight excluding hydrogens is 246 g/mol. The largest absolute Gasteiger partial charge is 0.379 e. The normalized spacial score (nSPS) is 22.6. The maximum absolute atomic E-state index is 5.83. The lowest BCUT2D eigenvalue weighted by atomic mass is 9.86. The van der Waals surface area contributed by atoms with Gasteiger partial charge in [0.25, 0.3) is 0 Å². The van der Waals surface area contributed by atoms with Crippen LogP contribution in [0.5, 0.6) is 0 Å². The van der Waals surface area contributed by atoms with Crippen LogP contribution in [0.1, 0.15) is 31.2 Å². The Morgan fingerprint density at radius 3 is 2.78 bits per heavy atom. The molecule has 1 aliphatic heterocycles. The van der Waals surface area contributed by atoms with Gasteiger partial charge in [0.2, 0.25) is 0 Å². The van der Waals surface area contributed by atoms with Crippen LogP contribution in [0.4, 0.5) is 0 Å². The van der Waals surface area contributed by atoms with E-state index in [1.54, 1.807) is 11.3 Å². The van der Waals surface area contributed by atoms with E-state index >= 15 is 0 Å². The van der Waals surface area contributed by atoms with E-state index in [0.717, 1.165) is 32.7 Å². The number of nitrogens with zero attached hydrogens (tertiary/aromatic N) is 1. The minimum atomic E-state index is 0.0311. The Morgan fingerprint density at radius 2 is 2.28 bits per heavy atom. The predicted octanol–water partition coefficient (Wildman–Crippen LogP) is 1.75.